The molecule has 0 unspecified atom stereocenters. The predicted octanol–water partition coefficient (Wildman–Crippen LogP) is 2.06. The first-order valence-electron chi connectivity index (χ1n) is 8.49. The first-order chi connectivity index (χ1) is 13.6. The van der Waals surface area contributed by atoms with Crippen LogP contribution in [0.25, 0.3) is 5.69 Å². The molecule has 0 spiro atoms. The summed E-state index contributed by atoms with van der Waals surface area (Å²) in [7, 11) is -1.32. The lowest BCUT2D eigenvalue weighted by molar-refractivity contribution is 0.1000. The van der Waals surface area contributed by atoms with Crippen molar-refractivity contribution in [2.45, 2.75) is 11.8 Å². The zero-order valence-corrected chi connectivity index (χ0v) is 17.5. The maximum atomic E-state index is 13.2. The van der Waals surface area contributed by atoms with E-state index in [2.05, 4.69) is 0 Å². The van der Waals surface area contributed by atoms with Crippen molar-refractivity contribution in [1.82, 2.24) is 9.36 Å². The third-order valence-electron chi connectivity index (χ3n) is 4.69. The summed E-state index contributed by atoms with van der Waals surface area (Å²) in [6.07, 6.45) is 0. The summed E-state index contributed by atoms with van der Waals surface area (Å²) in [4.78, 5) is 24.3. The smallest absolute Gasteiger partial charge is 0.296 e. The van der Waals surface area contributed by atoms with Crippen molar-refractivity contribution in [3.8, 4) is 5.69 Å². The van der Waals surface area contributed by atoms with Gasteiger partial charge in [0.2, 0.25) is 5.91 Å². The molecule has 1 aromatic heterocycles. The van der Waals surface area contributed by atoms with Crippen molar-refractivity contribution in [1.29, 1.82) is 0 Å². The molecule has 0 saturated heterocycles. The number of carbonyl (C=O) groups is 1. The number of sulfonamides is 1. The van der Waals surface area contributed by atoms with Crippen LogP contribution in [0.15, 0.2) is 58.2 Å². The van der Waals surface area contributed by atoms with Gasteiger partial charge in [-0.15, -0.1) is 0 Å². The molecule has 0 aliphatic carbocycles. The highest BCUT2D eigenvalue weighted by Crippen LogP contribution is 2.29. The van der Waals surface area contributed by atoms with E-state index >= 15 is 0 Å². The van der Waals surface area contributed by atoms with E-state index in [1.54, 1.807) is 42.9 Å². The summed E-state index contributed by atoms with van der Waals surface area (Å²) in [6.45, 7) is 1.64. The zero-order chi connectivity index (χ0) is 21.5. The van der Waals surface area contributed by atoms with Gasteiger partial charge in [-0.05, 0) is 37.3 Å². The first kappa shape index (κ1) is 20.7. The number of hydrogen-bond donors (Lipinski definition) is 1. The number of primary amides is 1. The van der Waals surface area contributed by atoms with Crippen LogP contribution in [0.5, 0.6) is 0 Å². The van der Waals surface area contributed by atoms with Gasteiger partial charge in [-0.3, -0.25) is 18.6 Å². The van der Waals surface area contributed by atoms with E-state index in [0.29, 0.717) is 11.4 Å². The van der Waals surface area contributed by atoms with E-state index in [-0.39, 0.29) is 21.2 Å². The molecule has 1 heterocycles. The normalized spacial score (nSPS) is 11.4. The second-order valence-electron chi connectivity index (χ2n) is 6.39. The minimum absolute atomic E-state index is 0.00662. The van der Waals surface area contributed by atoms with E-state index in [1.165, 1.54) is 23.9 Å². The molecule has 0 aliphatic rings. The Morgan fingerprint density at radius 3 is 2.34 bits per heavy atom. The van der Waals surface area contributed by atoms with Gasteiger partial charge < -0.3 is 5.73 Å². The molecule has 3 rings (SSSR count). The largest absolute Gasteiger partial charge is 0.366 e. The van der Waals surface area contributed by atoms with Crippen LogP contribution >= 0.6 is 11.6 Å². The fourth-order valence-electron chi connectivity index (χ4n) is 3.04. The van der Waals surface area contributed by atoms with Crippen molar-refractivity contribution in [2.24, 2.45) is 12.8 Å². The van der Waals surface area contributed by atoms with Gasteiger partial charge in [-0.1, -0.05) is 29.8 Å². The van der Waals surface area contributed by atoms with Crippen LogP contribution in [-0.4, -0.2) is 30.7 Å². The van der Waals surface area contributed by atoms with Crippen LogP contribution < -0.4 is 15.6 Å². The lowest BCUT2D eigenvalue weighted by atomic mass is 10.2. The molecule has 0 radical (unpaired) electrons. The number of nitrogens with zero attached hydrogens (tertiary/aromatic N) is 3. The van der Waals surface area contributed by atoms with Crippen LogP contribution in [0.1, 0.15) is 16.1 Å². The lowest BCUT2D eigenvalue weighted by Gasteiger charge is -2.19. The summed E-state index contributed by atoms with van der Waals surface area (Å²) >= 11 is 6.08. The molecule has 3 aromatic rings. The maximum Gasteiger partial charge on any atom is 0.296 e. The first-order valence-corrected chi connectivity index (χ1v) is 10.3. The predicted molar refractivity (Wildman–Crippen MR) is 111 cm³/mol. The van der Waals surface area contributed by atoms with Gasteiger partial charge in [0.1, 0.15) is 10.6 Å². The molecule has 10 heteroatoms. The topological polar surface area (TPSA) is 107 Å². The van der Waals surface area contributed by atoms with Crippen molar-refractivity contribution >= 4 is 33.2 Å². The summed E-state index contributed by atoms with van der Waals surface area (Å²) in [5, 5.41) is -0.0844. The Balaban J connectivity index is 2.19. The highest BCUT2D eigenvalue weighted by molar-refractivity contribution is 7.93. The number of halogens is 1. The van der Waals surface area contributed by atoms with Gasteiger partial charge in [0.15, 0.2) is 0 Å². The number of hydrogen-bond acceptors (Lipinski definition) is 4. The molecule has 1 amide bonds. The molecule has 0 fully saturated rings. The number of carbonyl (C=O) groups excluding carboxylic acids is 1. The summed E-state index contributed by atoms with van der Waals surface area (Å²) in [5.41, 5.74) is 5.73. The van der Waals surface area contributed by atoms with Gasteiger partial charge in [-0.25, -0.2) is 13.1 Å². The van der Waals surface area contributed by atoms with Crippen LogP contribution in [0.4, 0.5) is 5.69 Å². The van der Waals surface area contributed by atoms with E-state index in [9.17, 15) is 18.0 Å². The monoisotopic (exact) mass is 434 g/mol. The Morgan fingerprint density at radius 1 is 1.14 bits per heavy atom. The minimum atomic E-state index is -4.24. The highest BCUT2D eigenvalue weighted by Gasteiger charge is 2.30. The van der Waals surface area contributed by atoms with Crippen molar-refractivity contribution in [2.75, 3.05) is 11.4 Å². The lowest BCUT2D eigenvalue weighted by Crippen LogP contribution is -2.32. The van der Waals surface area contributed by atoms with E-state index in [4.69, 9.17) is 17.3 Å². The van der Waals surface area contributed by atoms with Crippen molar-refractivity contribution < 1.29 is 13.2 Å². The number of benzene rings is 2. The van der Waals surface area contributed by atoms with Gasteiger partial charge in [0, 0.05) is 19.7 Å². The van der Waals surface area contributed by atoms with Crippen LogP contribution in [-0.2, 0) is 17.1 Å². The summed E-state index contributed by atoms with van der Waals surface area (Å²) < 4.78 is 30.3. The van der Waals surface area contributed by atoms with E-state index in [1.807, 2.05) is 6.07 Å². The second kappa shape index (κ2) is 7.41. The highest BCUT2D eigenvalue weighted by atomic mass is 35.5. The molecule has 2 aromatic carbocycles. The van der Waals surface area contributed by atoms with Crippen molar-refractivity contribution in [3.05, 3.63) is 75.2 Å². The van der Waals surface area contributed by atoms with Crippen LogP contribution in [0.2, 0.25) is 5.02 Å². The number of anilines is 1. The van der Waals surface area contributed by atoms with E-state index in [0.717, 1.165) is 10.4 Å². The molecular weight excluding hydrogens is 416 g/mol. The second-order valence-corrected chi connectivity index (χ2v) is 8.74. The molecular formula is C19H19ClN4O4S. The van der Waals surface area contributed by atoms with E-state index < -0.39 is 21.5 Å². The average Bonchev–Trinajstić information content (AvgIpc) is 2.90. The number of nitrogens with two attached hydrogens (primary N) is 1. The molecule has 0 atom stereocenters. The fourth-order valence-corrected chi connectivity index (χ4v) is 4.78. The van der Waals surface area contributed by atoms with Crippen LogP contribution in [0, 0.1) is 6.92 Å². The van der Waals surface area contributed by atoms with Gasteiger partial charge in [0.05, 0.1) is 16.4 Å². The maximum absolute atomic E-state index is 13.2. The molecule has 8 nitrogen and oxygen atoms in total. The molecule has 0 aliphatic heterocycles. The molecule has 29 heavy (non-hydrogen) atoms. The standard InChI is InChI=1S/C19H19ClN4O4S/c1-12-17(19(26)24(22(12)2)14-7-5-4-6-8-14)23(3)29(27,28)16-11-13(18(21)25)9-10-15(16)20/h4-11H,1-3H3,(H2,21,25). The average molecular weight is 435 g/mol. The van der Waals surface area contributed by atoms with Crippen LogP contribution in [0.3, 0.4) is 0 Å². The third kappa shape index (κ3) is 3.43. The molecule has 0 saturated carbocycles. The van der Waals surface area contributed by atoms with Gasteiger partial charge >= 0.3 is 0 Å². The van der Waals surface area contributed by atoms with Gasteiger partial charge in [-0.2, -0.15) is 0 Å². The quantitative estimate of drug-likeness (QED) is 0.663. The summed E-state index contributed by atoms with van der Waals surface area (Å²) in [5.74, 6) is -0.789. The number of aromatic nitrogens is 2. The Labute approximate surface area is 172 Å². The molecule has 0 bridgehead atoms. The molecule has 152 valence electrons. The number of amides is 1. The fraction of sp³-hybridized carbons (Fsp3) is 0.158. The Kier molecular flexibility index (Phi) is 5.29. The van der Waals surface area contributed by atoms with Gasteiger partial charge in [0.25, 0.3) is 15.6 Å². The Hall–Kier alpha value is -3.04. The Morgan fingerprint density at radius 2 is 1.76 bits per heavy atom. The zero-order valence-electron chi connectivity index (χ0n) is 16.0. The minimum Gasteiger partial charge on any atom is -0.366 e. The number of para-hydroxylation sites is 1. The third-order valence-corrected chi connectivity index (χ3v) is 6.93. The SMILES string of the molecule is Cc1c(N(C)S(=O)(=O)c2cc(C(N)=O)ccc2Cl)c(=O)n(-c2ccccc2)n1C. The van der Waals surface area contributed by atoms with Crippen molar-refractivity contribution in [3.63, 3.8) is 0 Å². The Bertz CT molecular complexity index is 1260. The summed E-state index contributed by atoms with van der Waals surface area (Å²) in [6, 6.07) is 12.6. The molecule has 2 N–H and O–H groups in total. The number of rotatable bonds is 5.